The summed E-state index contributed by atoms with van der Waals surface area (Å²) in [5.74, 6) is -0.130. The summed E-state index contributed by atoms with van der Waals surface area (Å²) >= 11 is 1.06. The fourth-order valence-corrected chi connectivity index (χ4v) is 2.42. The summed E-state index contributed by atoms with van der Waals surface area (Å²) in [6.07, 6.45) is 0. The van der Waals surface area contributed by atoms with Crippen LogP contribution in [0.25, 0.3) is 0 Å². The molecule has 2 heterocycles. The van der Waals surface area contributed by atoms with Crippen LogP contribution in [0.1, 0.15) is 11.3 Å². The van der Waals surface area contributed by atoms with Crippen molar-refractivity contribution in [2.45, 2.75) is 17.1 Å². The van der Waals surface area contributed by atoms with Gasteiger partial charge in [-0.05, 0) is 30.8 Å². The molecule has 2 rings (SSSR count). The molecule has 0 aliphatic rings. The second-order valence-electron chi connectivity index (χ2n) is 4.02. The van der Waals surface area contributed by atoms with Crippen LogP contribution in [0.4, 0.5) is 0 Å². The molecule has 0 aliphatic carbocycles. The van der Waals surface area contributed by atoms with E-state index in [1.807, 2.05) is 0 Å². The molecule has 0 atom stereocenters. The van der Waals surface area contributed by atoms with E-state index in [4.69, 9.17) is 11.1 Å². The highest BCUT2D eigenvalue weighted by Crippen LogP contribution is 2.25. The smallest absolute Gasteiger partial charge is 0.339 e. The third-order valence-corrected chi connectivity index (χ3v) is 3.48. The van der Waals surface area contributed by atoms with Crippen LogP contribution in [0.15, 0.2) is 31.9 Å². The summed E-state index contributed by atoms with van der Waals surface area (Å²) in [4.78, 5) is 30.4. The van der Waals surface area contributed by atoms with Gasteiger partial charge in [0, 0.05) is 18.3 Å². The Balaban J connectivity index is 2.52. The number of aryl methyl sites for hydroxylation is 2. The lowest BCUT2D eigenvalue weighted by Crippen LogP contribution is -2.33. The fraction of sp³-hybridized carbons (Fsp3) is 0.182. The van der Waals surface area contributed by atoms with Crippen molar-refractivity contribution in [2.24, 2.45) is 12.8 Å². The molecule has 4 N–H and O–H groups in total. The average molecular weight is 292 g/mol. The Bertz CT molecular complexity index is 794. The molecule has 2 aromatic rings. The zero-order valence-corrected chi connectivity index (χ0v) is 11.6. The number of aromatic amines is 1. The maximum Gasteiger partial charge on any atom is 0.339 e. The van der Waals surface area contributed by atoms with Crippen LogP contribution in [-0.4, -0.2) is 25.6 Å². The number of pyridine rings is 1. The molecular formula is C11H12N6O2S. The van der Waals surface area contributed by atoms with Crippen LogP contribution in [0.3, 0.4) is 0 Å². The van der Waals surface area contributed by atoms with E-state index in [0.717, 1.165) is 17.5 Å². The van der Waals surface area contributed by atoms with Crippen molar-refractivity contribution in [3.63, 3.8) is 0 Å². The normalized spacial score (nSPS) is 10.5. The SMILES string of the molecule is Cc1ccc(C(=N)N)c(Sc2nc(=O)c(=O)[nH]n2C)n1. The number of nitrogens with zero attached hydrogens (tertiary/aromatic N) is 3. The van der Waals surface area contributed by atoms with Gasteiger partial charge in [-0.3, -0.25) is 24.8 Å². The number of aromatic nitrogens is 4. The minimum atomic E-state index is -0.873. The van der Waals surface area contributed by atoms with Gasteiger partial charge in [-0.15, -0.1) is 0 Å². The minimum Gasteiger partial charge on any atom is -0.384 e. The molecule has 8 nitrogen and oxygen atoms in total. The molecule has 0 aromatic carbocycles. The van der Waals surface area contributed by atoms with E-state index in [0.29, 0.717) is 10.6 Å². The van der Waals surface area contributed by atoms with Crippen LogP contribution >= 0.6 is 11.8 Å². The van der Waals surface area contributed by atoms with Crippen LogP contribution in [0.2, 0.25) is 0 Å². The molecule has 0 fully saturated rings. The molecule has 9 heteroatoms. The Labute approximate surface area is 117 Å². The highest BCUT2D eigenvalue weighted by atomic mass is 32.2. The number of amidine groups is 1. The summed E-state index contributed by atoms with van der Waals surface area (Å²) in [7, 11) is 1.55. The van der Waals surface area contributed by atoms with E-state index < -0.39 is 11.1 Å². The number of nitrogen functional groups attached to an aromatic ring is 1. The fourth-order valence-electron chi connectivity index (χ4n) is 1.45. The van der Waals surface area contributed by atoms with Crippen molar-refractivity contribution in [1.29, 1.82) is 5.41 Å². The first kappa shape index (κ1) is 14.0. The van der Waals surface area contributed by atoms with Crippen LogP contribution in [0.5, 0.6) is 0 Å². The lowest BCUT2D eigenvalue weighted by Gasteiger charge is -2.09. The Morgan fingerprint density at radius 3 is 2.75 bits per heavy atom. The lowest BCUT2D eigenvalue weighted by molar-refractivity contribution is 0.596. The number of hydrogen-bond donors (Lipinski definition) is 3. The van der Waals surface area contributed by atoms with E-state index in [1.54, 1.807) is 26.1 Å². The Hall–Kier alpha value is -2.42. The Morgan fingerprint density at radius 1 is 1.40 bits per heavy atom. The molecule has 2 aromatic heterocycles. The third kappa shape index (κ3) is 2.77. The van der Waals surface area contributed by atoms with Crippen molar-refractivity contribution < 1.29 is 0 Å². The molecule has 0 bridgehead atoms. The molecule has 104 valence electrons. The van der Waals surface area contributed by atoms with Crippen LogP contribution < -0.4 is 16.9 Å². The van der Waals surface area contributed by atoms with E-state index in [2.05, 4.69) is 15.1 Å². The van der Waals surface area contributed by atoms with Crippen molar-refractivity contribution in [3.05, 3.63) is 44.1 Å². The zero-order chi connectivity index (χ0) is 14.9. The number of nitrogens with two attached hydrogens (primary N) is 1. The van der Waals surface area contributed by atoms with E-state index in [9.17, 15) is 9.59 Å². The third-order valence-electron chi connectivity index (χ3n) is 2.43. The maximum absolute atomic E-state index is 11.3. The van der Waals surface area contributed by atoms with Crippen molar-refractivity contribution in [1.82, 2.24) is 19.7 Å². The van der Waals surface area contributed by atoms with Crippen molar-refractivity contribution in [2.75, 3.05) is 0 Å². The summed E-state index contributed by atoms with van der Waals surface area (Å²) < 4.78 is 1.32. The van der Waals surface area contributed by atoms with Gasteiger partial charge in [0.05, 0.1) is 0 Å². The summed E-state index contributed by atoms with van der Waals surface area (Å²) in [6.45, 7) is 1.80. The molecule has 0 radical (unpaired) electrons. The van der Waals surface area contributed by atoms with Gasteiger partial charge in [0.2, 0.25) is 0 Å². The molecule has 20 heavy (non-hydrogen) atoms. The topological polar surface area (TPSA) is 131 Å². The molecule has 0 aliphatic heterocycles. The monoisotopic (exact) mass is 292 g/mol. The molecule has 0 spiro atoms. The van der Waals surface area contributed by atoms with Crippen molar-refractivity contribution in [3.8, 4) is 0 Å². The van der Waals surface area contributed by atoms with Gasteiger partial charge in [-0.25, -0.2) is 4.98 Å². The zero-order valence-electron chi connectivity index (χ0n) is 10.8. The maximum atomic E-state index is 11.3. The Kier molecular flexibility index (Phi) is 3.70. The first-order chi connectivity index (χ1) is 9.38. The van der Waals surface area contributed by atoms with Crippen LogP contribution in [0, 0.1) is 12.3 Å². The predicted octanol–water partition coefficient (Wildman–Crippen LogP) is -0.393. The highest BCUT2D eigenvalue weighted by Gasteiger charge is 2.13. The first-order valence-electron chi connectivity index (χ1n) is 5.55. The van der Waals surface area contributed by atoms with Gasteiger partial charge >= 0.3 is 11.1 Å². The first-order valence-corrected chi connectivity index (χ1v) is 6.37. The summed E-state index contributed by atoms with van der Waals surface area (Å²) in [6, 6.07) is 3.41. The molecular weight excluding hydrogens is 280 g/mol. The minimum absolute atomic E-state index is 0.130. The molecule has 0 amide bonds. The van der Waals surface area contributed by atoms with Gasteiger partial charge in [0.1, 0.15) is 10.9 Å². The number of hydrogen-bond acceptors (Lipinski definition) is 6. The van der Waals surface area contributed by atoms with Gasteiger partial charge < -0.3 is 5.73 Å². The largest absolute Gasteiger partial charge is 0.384 e. The molecule has 0 unspecified atom stereocenters. The number of nitrogens with one attached hydrogen (secondary N) is 2. The van der Waals surface area contributed by atoms with Gasteiger partial charge in [0.25, 0.3) is 0 Å². The second kappa shape index (κ2) is 5.29. The standard InChI is InChI=1S/C11H12N6O2S/c1-5-3-4-6(7(12)13)10(14-5)20-11-15-8(18)9(19)16-17(11)2/h3-4H,1-2H3,(H3,12,13)(H,16,19). The van der Waals surface area contributed by atoms with Crippen molar-refractivity contribution >= 4 is 17.6 Å². The lowest BCUT2D eigenvalue weighted by atomic mass is 10.2. The van der Waals surface area contributed by atoms with Gasteiger partial charge in [-0.2, -0.15) is 4.98 Å². The van der Waals surface area contributed by atoms with E-state index >= 15 is 0 Å². The van der Waals surface area contributed by atoms with E-state index in [-0.39, 0.29) is 11.0 Å². The van der Waals surface area contributed by atoms with Gasteiger partial charge in [-0.1, -0.05) is 0 Å². The van der Waals surface area contributed by atoms with Gasteiger partial charge in [0.15, 0.2) is 5.16 Å². The number of rotatable bonds is 3. The second-order valence-corrected chi connectivity index (χ2v) is 4.98. The summed E-state index contributed by atoms with van der Waals surface area (Å²) in [5, 5.41) is 10.6. The Morgan fingerprint density at radius 2 is 2.10 bits per heavy atom. The average Bonchev–Trinajstić information content (AvgIpc) is 2.35. The molecule has 0 saturated heterocycles. The highest BCUT2D eigenvalue weighted by molar-refractivity contribution is 7.99. The summed E-state index contributed by atoms with van der Waals surface area (Å²) in [5.41, 5.74) is 5.02. The van der Waals surface area contributed by atoms with Crippen LogP contribution in [-0.2, 0) is 7.05 Å². The quantitative estimate of drug-likeness (QED) is 0.401. The number of H-pyrrole nitrogens is 1. The predicted molar refractivity (Wildman–Crippen MR) is 74.2 cm³/mol. The van der Waals surface area contributed by atoms with E-state index in [1.165, 1.54) is 4.68 Å². The molecule has 0 saturated carbocycles.